The second-order valence-electron chi connectivity index (χ2n) is 7.91. The van der Waals surface area contributed by atoms with E-state index in [1.54, 1.807) is 0 Å². The molecule has 0 spiro atoms. The van der Waals surface area contributed by atoms with E-state index in [9.17, 15) is 13.2 Å². The van der Waals surface area contributed by atoms with E-state index in [4.69, 9.17) is 4.18 Å². The van der Waals surface area contributed by atoms with E-state index in [-0.39, 0.29) is 23.6 Å². The maximum Gasteiger partial charge on any atom is 0.268 e. The van der Waals surface area contributed by atoms with Crippen molar-refractivity contribution in [3.63, 3.8) is 0 Å². The monoisotopic (exact) mass is 328 g/mol. The second-order valence-corrected chi connectivity index (χ2v) is 9.51. The van der Waals surface area contributed by atoms with Gasteiger partial charge in [0.1, 0.15) is 5.78 Å². The molecule has 3 aliphatic rings. The fraction of sp³-hybridized carbons (Fsp3) is 0.941. The Hall–Kier alpha value is -0.420. The minimum Gasteiger partial charge on any atom is -0.299 e. The van der Waals surface area contributed by atoms with Crippen LogP contribution in [0.1, 0.15) is 65.2 Å². The first-order valence-corrected chi connectivity index (χ1v) is 10.4. The van der Waals surface area contributed by atoms with Crippen molar-refractivity contribution in [2.24, 2.45) is 23.2 Å². The van der Waals surface area contributed by atoms with Crippen LogP contribution in [0.2, 0.25) is 0 Å². The maximum atomic E-state index is 12.6. The number of hydrogen-bond acceptors (Lipinski definition) is 4. The molecule has 3 unspecified atom stereocenters. The predicted octanol–water partition coefficient (Wildman–Crippen LogP) is 3.31. The lowest BCUT2D eigenvalue weighted by molar-refractivity contribution is -0.127. The maximum absolute atomic E-state index is 12.6. The standard InChI is InChI=1S/C17H28O4S/c1-12(2)16-13-8-9-17(16,15(18)10-13)11-22(19,20)21-14-6-4-3-5-7-14/h12-14,16H,3-11H2,1-2H3. The summed E-state index contributed by atoms with van der Waals surface area (Å²) in [6.07, 6.45) is 7.04. The van der Waals surface area contributed by atoms with Gasteiger partial charge in [-0.1, -0.05) is 33.1 Å². The van der Waals surface area contributed by atoms with Crippen LogP contribution in [0.3, 0.4) is 0 Å². The van der Waals surface area contributed by atoms with Gasteiger partial charge in [-0.2, -0.15) is 8.42 Å². The van der Waals surface area contributed by atoms with Crippen molar-refractivity contribution in [3.05, 3.63) is 0 Å². The SMILES string of the molecule is CC(C)C1C2CCC1(CS(=O)(=O)OC1CCCCC1)C(=O)C2. The molecule has 0 aromatic rings. The van der Waals surface area contributed by atoms with Crippen molar-refractivity contribution < 1.29 is 17.4 Å². The van der Waals surface area contributed by atoms with E-state index in [2.05, 4.69) is 13.8 Å². The molecule has 4 nitrogen and oxygen atoms in total. The Morgan fingerprint density at radius 2 is 1.86 bits per heavy atom. The van der Waals surface area contributed by atoms with Gasteiger partial charge in [0.25, 0.3) is 10.1 Å². The Balaban J connectivity index is 1.76. The van der Waals surface area contributed by atoms with Crippen molar-refractivity contribution in [2.75, 3.05) is 5.75 Å². The highest BCUT2D eigenvalue weighted by atomic mass is 32.2. The first kappa shape index (κ1) is 16.4. The number of ketones is 1. The van der Waals surface area contributed by atoms with Crippen LogP contribution in [-0.4, -0.2) is 26.1 Å². The molecule has 0 saturated heterocycles. The van der Waals surface area contributed by atoms with Crippen LogP contribution in [0.15, 0.2) is 0 Å². The minimum absolute atomic E-state index is 0.0886. The van der Waals surface area contributed by atoms with Crippen molar-refractivity contribution in [2.45, 2.75) is 71.3 Å². The van der Waals surface area contributed by atoms with E-state index in [0.717, 1.165) is 38.5 Å². The first-order chi connectivity index (χ1) is 10.3. The van der Waals surface area contributed by atoms with Gasteiger partial charge in [0.15, 0.2) is 0 Å². The highest BCUT2D eigenvalue weighted by Crippen LogP contribution is 2.59. The summed E-state index contributed by atoms with van der Waals surface area (Å²) < 4.78 is 30.6. The molecule has 3 rings (SSSR count). The quantitative estimate of drug-likeness (QED) is 0.727. The predicted molar refractivity (Wildman–Crippen MR) is 84.9 cm³/mol. The fourth-order valence-electron chi connectivity index (χ4n) is 5.39. The van der Waals surface area contributed by atoms with E-state index in [1.807, 2.05) is 0 Å². The summed E-state index contributed by atoms with van der Waals surface area (Å²) in [5, 5.41) is 0. The highest BCUT2D eigenvalue weighted by Gasteiger charge is 2.61. The summed E-state index contributed by atoms with van der Waals surface area (Å²) in [6.45, 7) is 4.23. The second kappa shape index (κ2) is 5.90. The van der Waals surface area contributed by atoms with Gasteiger partial charge in [-0.15, -0.1) is 0 Å². The molecule has 0 N–H and O–H groups in total. The van der Waals surface area contributed by atoms with Crippen LogP contribution in [0, 0.1) is 23.2 Å². The molecular formula is C17H28O4S. The summed E-state index contributed by atoms with van der Waals surface area (Å²) in [4.78, 5) is 12.5. The summed E-state index contributed by atoms with van der Waals surface area (Å²) in [5.41, 5.74) is -0.660. The Bertz CT molecular complexity index is 533. The molecule has 3 fully saturated rings. The number of Topliss-reactive ketones (excluding diaryl/α,β-unsaturated/α-hetero) is 1. The Kier molecular flexibility index (Phi) is 4.41. The largest absolute Gasteiger partial charge is 0.299 e. The van der Waals surface area contributed by atoms with Gasteiger partial charge in [0.2, 0.25) is 0 Å². The number of fused-ring (bicyclic) bond motifs is 2. The smallest absolute Gasteiger partial charge is 0.268 e. The Morgan fingerprint density at radius 3 is 2.45 bits per heavy atom. The van der Waals surface area contributed by atoms with Crippen molar-refractivity contribution in [1.82, 2.24) is 0 Å². The van der Waals surface area contributed by atoms with Crippen LogP contribution in [-0.2, 0) is 19.1 Å². The Labute approximate surface area is 134 Å². The summed E-state index contributed by atoms with van der Waals surface area (Å²) in [5.74, 6) is 1.03. The molecule has 3 atom stereocenters. The molecular weight excluding hydrogens is 300 g/mol. The lowest BCUT2D eigenvalue weighted by Crippen LogP contribution is -2.41. The number of carbonyl (C=O) groups excluding carboxylic acids is 1. The third kappa shape index (κ3) is 2.86. The molecule has 0 aromatic carbocycles. The zero-order chi connectivity index (χ0) is 16.0. The molecule has 2 bridgehead atoms. The van der Waals surface area contributed by atoms with Crippen molar-refractivity contribution in [3.8, 4) is 0 Å². The molecule has 22 heavy (non-hydrogen) atoms. The number of carbonyl (C=O) groups is 1. The zero-order valence-corrected chi connectivity index (χ0v) is 14.5. The third-order valence-electron chi connectivity index (χ3n) is 6.10. The van der Waals surface area contributed by atoms with Gasteiger partial charge in [0, 0.05) is 11.8 Å². The molecule has 126 valence electrons. The van der Waals surface area contributed by atoms with Crippen LogP contribution >= 0.6 is 0 Å². The highest BCUT2D eigenvalue weighted by molar-refractivity contribution is 7.86. The average Bonchev–Trinajstić information content (AvgIpc) is 2.89. The van der Waals surface area contributed by atoms with Crippen LogP contribution in [0.4, 0.5) is 0 Å². The molecule has 3 aliphatic carbocycles. The topological polar surface area (TPSA) is 60.4 Å². The molecule has 5 heteroatoms. The van der Waals surface area contributed by atoms with Crippen LogP contribution in [0.5, 0.6) is 0 Å². The molecule has 0 aliphatic heterocycles. The Morgan fingerprint density at radius 1 is 1.18 bits per heavy atom. The van der Waals surface area contributed by atoms with Gasteiger partial charge < -0.3 is 0 Å². The van der Waals surface area contributed by atoms with Gasteiger partial charge >= 0.3 is 0 Å². The normalized spacial score (nSPS) is 36.4. The summed E-state index contributed by atoms with van der Waals surface area (Å²) in [7, 11) is -3.63. The van der Waals surface area contributed by atoms with Gasteiger partial charge in [-0.25, -0.2) is 0 Å². The van der Waals surface area contributed by atoms with Crippen molar-refractivity contribution >= 4 is 15.9 Å². The van der Waals surface area contributed by atoms with E-state index >= 15 is 0 Å². The zero-order valence-electron chi connectivity index (χ0n) is 13.7. The number of hydrogen-bond donors (Lipinski definition) is 0. The average molecular weight is 328 g/mol. The fourth-order valence-corrected chi connectivity index (χ4v) is 7.19. The minimum atomic E-state index is -3.63. The first-order valence-electron chi connectivity index (χ1n) is 8.78. The van der Waals surface area contributed by atoms with Gasteiger partial charge in [-0.3, -0.25) is 8.98 Å². The molecule has 0 amide bonds. The van der Waals surface area contributed by atoms with Crippen molar-refractivity contribution in [1.29, 1.82) is 0 Å². The third-order valence-corrected chi connectivity index (χ3v) is 7.53. The van der Waals surface area contributed by atoms with E-state index in [0.29, 0.717) is 18.3 Å². The van der Waals surface area contributed by atoms with E-state index in [1.165, 1.54) is 6.42 Å². The van der Waals surface area contributed by atoms with Crippen LogP contribution < -0.4 is 0 Å². The molecule has 0 heterocycles. The molecule has 3 saturated carbocycles. The summed E-state index contributed by atoms with van der Waals surface area (Å²) >= 11 is 0. The lowest BCUT2D eigenvalue weighted by Gasteiger charge is -2.33. The molecule has 0 aromatic heterocycles. The van der Waals surface area contributed by atoms with Gasteiger partial charge in [0.05, 0.1) is 11.9 Å². The summed E-state index contributed by atoms with van der Waals surface area (Å²) in [6, 6.07) is 0. The molecule has 0 radical (unpaired) electrons. The van der Waals surface area contributed by atoms with Crippen LogP contribution in [0.25, 0.3) is 0 Å². The lowest BCUT2D eigenvalue weighted by atomic mass is 9.75. The number of rotatable bonds is 5. The van der Waals surface area contributed by atoms with E-state index < -0.39 is 15.5 Å². The van der Waals surface area contributed by atoms with Gasteiger partial charge in [-0.05, 0) is 43.4 Å².